The predicted molar refractivity (Wildman–Crippen MR) is 80.6 cm³/mol. The maximum Gasteiger partial charge on any atom is 0.0338 e. The van der Waals surface area contributed by atoms with Crippen molar-refractivity contribution < 1.29 is 0 Å². The molecule has 0 bridgehead atoms. The fourth-order valence-electron chi connectivity index (χ4n) is 2.23. The Labute approximate surface area is 117 Å². The van der Waals surface area contributed by atoms with Gasteiger partial charge in [0.05, 0.1) is 0 Å². The van der Waals surface area contributed by atoms with E-state index in [-0.39, 0.29) is 6.04 Å². The van der Waals surface area contributed by atoms with Gasteiger partial charge in [0.2, 0.25) is 0 Å². The molecule has 0 saturated carbocycles. The maximum atomic E-state index is 6.35. The molecule has 0 aromatic heterocycles. The molecular formula is C16H18BrN. The Bertz CT molecular complexity index is 522. The van der Waals surface area contributed by atoms with Crippen LogP contribution < -0.4 is 5.73 Å². The minimum atomic E-state index is 0.0554. The van der Waals surface area contributed by atoms with Crippen molar-refractivity contribution >= 4 is 15.9 Å². The lowest BCUT2D eigenvalue weighted by Gasteiger charge is -2.16. The average molecular weight is 304 g/mol. The molecule has 18 heavy (non-hydrogen) atoms. The molecule has 0 aliphatic rings. The summed E-state index contributed by atoms with van der Waals surface area (Å²) in [5.41, 5.74) is 10.2. The quantitative estimate of drug-likeness (QED) is 0.897. The second-order valence-electron chi connectivity index (χ2n) is 4.45. The summed E-state index contributed by atoms with van der Waals surface area (Å²) in [6, 6.07) is 16.8. The van der Waals surface area contributed by atoms with E-state index in [0.29, 0.717) is 0 Å². The van der Waals surface area contributed by atoms with E-state index < -0.39 is 0 Å². The van der Waals surface area contributed by atoms with Crippen molar-refractivity contribution in [2.75, 3.05) is 0 Å². The zero-order valence-corrected chi connectivity index (χ0v) is 12.2. The van der Waals surface area contributed by atoms with Crippen molar-refractivity contribution in [3.63, 3.8) is 0 Å². The number of benzene rings is 2. The van der Waals surface area contributed by atoms with Crippen LogP contribution in [0.1, 0.15) is 29.7 Å². The molecule has 1 nitrogen and oxygen atoms in total. The van der Waals surface area contributed by atoms with Gasteiger partial charge in [0.25, 0.3) is 0 Å². The number of aryl methyl sites for hydroxylation is 1. The van der Waals surface area contributed by atoms with Gasteiger partial charge < -0.3 is 5.73 Å². The van der Waals surface area contributed by atoms with Gasteiger partial charge in [-0.15, -0.1) is 0 Å². The molecule has 0 amide bonds. The summed E-state index contributed by atoms with van der Waals surface area (Å²) in [6.45, 7) is 2.17. The van der Waals surface area contributed by atoms with Gasteiger partial charge in [-0.1, -0.05) is 65.3 Å². The van der Waals surface area contributed by atoms with E-state index in [1.807, 2.05) is 6.07 Å². The van der Waals surface area contributed by atoms with Gasteiger partial charge in [-0.2, -0.15) is 0 Å². The third kappa shape index (κ3) is 3.01. The largest absolute Gasteiger partial charge is 0.324 e. The molecule has 2 aromatic carbocycles. The first-order valence-corrected chi connectivity index (χ1v) is 7.08. The molecule has 2 N–H and O–H groups in total. The van der Waals surface area contributed by atoms with Gasteiger partial charge in [0.15, 0.2) is 0 Å². The number of nitrogens with two attached hydrogens (primary N) is 1. The highest BCUT2D eigenvalue weighted by Gasteiger charge is 2.11. The summed E-state index contributed by atoms with van der Waals surface area (Å²) in [6.07, 6.45) is 1.89. The second kappa shape index (κ2) is 6.17. The van der Waals surface area contributed by atoms with E-state index in [2.05, 4.69) is 65.3 Å². The van der Waals surface area contributed by atoms with Crippen LogP contribution in [0.2, 0.25) is 0 Å². The molecule has 0 aliphatic carbocycles. The third-order valence-corrected chi connectivity index (χ3v) is 4.01. The van der Waals surface area contributed by atoms with Crippen LogP contribution in [-0.4, -0.2) is 0 Å². The molecular weight excluding hydrogens is 286 g/mol. The van der Waals surface area contributed by atoms with Crippen molar-refractivity contribution in [3.05, 3.63) is 69.7 Å². The maximum absolute atomic E-state index is 6.35. The van der Waals surface area contributed by atoms with E-state index >= 15 is 0 Å². The molecule has 0 spiro atoms. The highest BCUT2D eigenvalue weighted by Crippen LogP contribution is 2.24. The number of hydrogen-bond acceptors (Lipinski definition) is 1. The first kappa shape index (κ1) is 13.3. The van der Waals surface area contributed by atoms with Crippen molar-refractivity contribution in [1.29, 1.82) is 0 Å². The highest BCUT2D eigenvalue weighted by atomic mass is 79.9. The van der Waals surface area contributed by atoms with Crippen molar-refractivity contribution in [1.82, 2.24) is 0 Å². The van der Waals surface area contributed by atoms with Crippen molar-refractivity contribution in [2.45, 2.75) is 25.8 Å². The summed E-state index contributed by atoms with van der Waals surface area (Å²) >= 11 is 3.58. The van der Waals surface area contributed by atoms with Gasteiger partial charge >= 0.3 is 0 Å². The molecule has 0 radical (unpaired) electrons. The van der Waals surface area contributed by atoms with Gasteiger partial charge in [0, 0.05) is 10.5 Å². The zero-order chi connectivity index (χ0) is 13.0. The Hall–Kier alpha value is -1.12. The Morgan fingerprint density at radius 3 is 2.28 bits per heavy atom. The smallest absolute Gasteiger partial charge is 0.0338 e. The van der Waals surface area contributed by atoms with E-state index in [9.17, 15) is 0 Å². The average Bonchev–Trinajstić information content (AvgIpc) is 2.41. The lowest BCUT2D eigenvalue weighted by atomic mass is 9.94. The zero-order valence-electron chi connectivity index (χ0n) is 10.6. The molecule has 0 aliphatic heterocycles. The normalized spacial score (nSPS) is 12.4. The Balaban J connectivity index is 2.22. The van der Waals surface area contributed by atoms with Crippen LogP contribution in [0.3, 0.4) is 0 Å². The molecule has 2 rings (SSSR count). The minimum absolute atomic E-state index is 0.0554. The van der Waals surface area contributed by atoms with E-state index in [1.165, 1.54) is 16.7 Å². The highest BCUT2D eigenvalue weighted by molar-refractivity contribution is 9.10. The Kier molecular flexibility index (Phi) is 4.56. The molecule has 94 valence electrons. The topological polar surface area (TPSA) is 26.0 Å². The van der Waals surface area contributed by atoms with Crippen LogP contribution in [0.5, 0.6) is 0 Å². The minimum Gasteiger partial charge on any atom is -0.324 e. The SMILES string of the molecule is CCc1ccccc1C(N)Cc1ccccc1Br. The lowest BCUT2D eigenvalue weighted by Crippen LogP contribution is -2.15. The second-order valence-corrected chi connectivity index (χ2v) is 5.31. The summed E-state index contributed by atoms with van der Waals surface area (Å²) in [5, 5.41) is 0. The van der Waals surface area contributed by atoms with E-state index in [4.69, 9.17) is 5.73 Å². The van der Waals surface area contributed by atoms with Crippen LogP contribution >= 0.6 is 15.9 Å². The van der Waals surface area contributed by atoms with Gasteiger partial charge in [-0.3, -0.25) is 0 Å². The number of halogens is 1. The van der Waals surface area contributed by atoms with Gasteiger partial charge in [-0.05, 0) is 35.6 Å². The van der Waals surface area contributed by atoms with E-state index in [0.717, 1.165) is 17.3 Å². The molecule has 2 aromatic rings. The van der Waals surface area contributed by atoms with Crippen LogP contribution in [0.15, 0.2) is 53.0 Å². The fourth-order valence-corrected chi connectivity index (χ4v) is 2.68. The van der Waals surface area contributed by atoms with Crippen LogP contribution in [0.25, 0.3) is 0 Å². The molecule has 0 fully saturated rings. The van der Waals surface area contributed by atoms with Crippen LogP contribution in [0, 0.1) is 0 Å². The molecule has 0 heterocycles. The number of rotatable bonds is 4. The molecule has 0 saturated heterocycles. The van der Waals surface area contributed by atoms with Gasteiger partial charge in [0.1, 0.15) is 0 Å². The summed E-state index contributed by atoms with van der Waals surface area (Å²) in [4.78, 5) is 0. The molecule has 1 unspecified atom stereocenters. The van der Waals surface area contributed by atoms with E-state index in [1.54, 1.807) is 0 Å². The molecule has 1 atom stereocenters. The fraction of sp³-hybridized carbons (Fsp3) is 0.250. The van der Waals surface area contributed by atoms with Crippen molar-refractivity contribution in [2.24, 2.45) is 5.73 Å². The first-order valence-electron chi connectivity index (χ1n) is 6.29. The van der Waals surface area contributed by atoms with Crippen molar-refractivity contribution in [3.8, 4) is 0 Å². The molecule has 2 heteroatoms. The Morgan fingerprint density at radius 2 is 1.61 bits per heavy atom. The number of hydrogen-bond donors (Lipinski definition) is 1. The summed E-state index contributed by atoms with van der Waals surface area (Å²) in [5.74, 6) is 0. The van der Waals surface area contributed by atoms with Gasteiger partial charge in [-0.25, -0.2) is 0 Å². The summed E-state index contributed by atoms with van der Waals surface area (Å²) in [7, 11) is 0. The summed E-state index contributed by atoms with van der Waals surface area (Å²) < 4.78 is 1.13. The monoisotopic (exact) mass is 303 g/mol. The Morgan fingerprint density at radius 1 is 1.00 bits per heavy atom. The first-order chi connectivity index (χ1) is 8.72. The van der Waals surface area contributed by atoms with Crippen LogP contribution in [-0.2, 0) is 12.8 Å². The standard InChI is InChI=1S/C16H18BrN/c1-2-12-7-3-5-9-14(12)16(18)11-13-8-4-6-10-15(13)17/h3-10,16H,2,11,18H2,1H3. The predicted octanol–water partition coefficient (Wildman–Crippen LogP) is 4.25. The third-order valence-electron chi connectivity index (χ3n) is 3.23. The lowest BCUT2D eigenvalue weighted by molar-refractivity contribution is 0.710. The van der Waals surface area contributed by atoms with Crippen LogP contribution in [0.4, 0.5) is 0 Å².